The van der Waals surface area contributed by atoms with Crippen molar-refractivity contribution >= 4 is 15.7 Å². The van der Waals surface area contributed by atoms with E-state index in [9.17, 15) is 8.42 Å². The van der Waals surface area contributed by atoms with Crippen LogP contribution in [-0.2, 0) is 19.5 Å². The molecular weight excluding hydrogens is 376 g/mol. The Balaban J connectivity index is 1.88. The molecule has 1 saturated heterocycles. The van der Waals surface area contributed by atoms with E-state index >= 15 is 0 Å². The zero-order valence-corrected chi connectivity index (χ0v) is 18.5. The Labute approximate surface area is 168 Å². The fourth-order valence-electron chi connectivity index (χ4n) is 4.01. The van der Waals surface area contributed by atoms with Crippen molar-refractivity contribution in [2.45, 2.75) is 65.1 Å². The van der Waals surface area contributed by atoms with Crippen LogP contribution in [0.4, 0.5) is 0 Å². The summed E-state index contributed by atoms with van der Waals surface area (Å²) in [6.45, 7) is 13.5. The highest BCUT2D eigenvalue weighted by Crippen LogP contribution is 2.50. The molecule has 7 heteroatoms. The molecule has 0 bridgehead atoms. The maximum atomic E-state index is 12.7. The number of nitrogens with one attached hydrogen (secondary N) is 1. The molecule has 2 aliphatic rings. The highest BCUT2D eigenvalue weighted by Gasteiger charge is 2.57. The molecule has 0 radical (unpaired) electrons. The van der Waals surface area contributed by atoms with Crippen molar-refractivity contribution < 1.29 is 17.9 Å². The average Bonchev–Trinajstić information content (AvgIpc) is 2.60. The van der Waals surface area contributed by atoms with Crippen molar-refractivity contribution in [2.75, 3.05) is 13.2 Å². The van der Waals surface area contributed by atoms with Gasteiger partial charge in [0, 0.05) is 11.8 Å². The van der Waals surface area contributed by atoms with E-state index in [0.29, 0.717) is 13.2 Å². The van der Waals surface area contributed by atoms with Crippen molar-refractivity contribution in [1.29, 1.82) is 0 Å². The van der Waals surface area contributed by atoms with Gasteiger partial charge in [-0.2, -0.15) is 13.5 Å². The van der Waals surface area contributed by atoms with Crippen molar-refractivity contribution in [3.63, 3.8) is 0 Å². The second-order valence-corrected chi connectivity index (χ2v) is 11.1. The summed E-state index contributed by atoms with van der Waals surface area (Å²) in [6, 6.07) is 6.72. The quantitative estimate of drug-likeness (QED) is 0.771. The first-order valence-electron chi connectivity index (χ1n) is 9.83. The van der Waals surface area contributed by atoms with Gasteiger partial charge in [-0.15, -0.1) is 0 Å². The minimum Gasteiger partial charge on any atom is -0.348 e. The summed E-state index contributed by atoms with van der Waals surface area (Å²) in [4.78, 5) is 2.64. The van der Waals surface area contributed by atoms with E-state index in [4.69, 9.17) is 9.47 Å². The second-order valence-electron chi connectivity index (χ2n) is 9.46. The van der Waals surface area contributed by atoms with Crippen molar-refractivity contribution in [2.24, 2.45) is 21.8 Å². The third kappa shape index (κ3) is 3.84. The number of hydrazone groups is 1. The van der Waals surface area contributed by atoms with Crippen molar-refractivity contribution in [3.8, 4) is 0 Å². The number of hydrogen-bond acceptors (Lipinski definition) is 5. The zero-order valence-electron chi connectivity index (χ0n) is 17.7. The van der Waals surface area contributed by atoms with Crippen LogP contribution in [0.5, 0.6) is 0 Å². The van der Waals surface area contributed by atoms with Crippen LogP contribution in [0, 0.1) is 23.7 Å². The standard InChI is InChI=1S/C21H32N2O4S/c1-15-7-9-17(10-8-15)28(24,25)23-22-18-16(2)11-12-21(20(18,5)6)26-13-19(3,4)14-27-21/h7-10,16,23H,11-14H2,1-6H3/b22-18+. The zero-order chi connectivity index (χ0) is 20.8. The highest BCUT2D eigenvalue weighted by molar-refractivity contribution is 7.89. The van der Waals surface area contributed by atoms with E-state index in [1.54, 1.807) is 24.3 Å². The topological polar surface area (TPSA) is 77.0 Å². The van der Waals surface area contributed by atoms with Gasteiger partial charge >= 0.3 is 0 Å². The normalized spacial score (nSPS) is 27.6. The van der Waals surface area contributed by atoms with Gasteiger partial charge in [0.2, 0.25) is 0 Å². The molecule has 3 rings (SSSR count). The van der Waals surface area contributed by atoms with Crippen LogP contribution in [0.2, 0.25) is 0 Å². The van der Waals surface area contributed by atoms with E-state index < -0.39 is 21.2 Å². The van der Waals surface area contributed by atoms with Crippen LogP contribution in [0.25, 0.3) is 0 Å². The van der Waals surface area contributed by atoms with Gasteiger partial charge in [-0.25, -0.2) is 4.83 Å². The lowest BCUT2D eigenvalue weighted by Crippen LogP contribution is -2.62. The Bertz CT molecular complexity index is 847. The van der Waals surface area contributed by atoms with Crippen LogP contribution < -0.4 is 4.83 Å². The summed E-state index contributed by atoms with van der Waals surface area (Å²) in [5.41, 5.74) is 1.17. The van der Waals surface area contributed by atoms with E-state index in [2.05, 4.69) is 30.7 Å². The predicted molar refractivity (Wildman–Crippen MR) is 110 cm³/mol. The van der Waals surface area contributed by atoms with Crippen LogP contribution in [0.1, 0.15) is 53.0 Å². The molecule has 1 aliphatic carbocycles. The monoisotopic (exact) mass is 408 g/mol. The molecule has 1 aromatic carbocycles. The molecular formula is C21H32N2O4S. The van der Waals surface area contributed by atoms with Crippen LogP contribution >= 0.6 is 0 Å². The Kier molecular flexibility index (Phi) is 5.40. The molecule has 1 aliphatic heterocycles. The van der Waals surface area contributed by atoms with E-state index in [0.717, 1.165) is 24.1 Å². The predicted octanol–water partition coefficient (Wildman–Crippen LogP) is 3.85. The molecule has 0 amide bonds. The number of aryl methyl sites for hydroxylation is 1. The fraction of sp³-hybridized carbons (Fsp3) is 0.667. The molecule has 1 N–H and O–H groups in total. The van der Waals surface area contributed by atoms with Gasteiger partial charge in [0.15, 0.2) is 5.79 Å². The van der Waals surface area contributed by atoms with Crippen molar-refractivity contribution in [1.82, 2.24) is 4.83 Å². The Morgan fingerprint density at radius 2 is 1.64 bits per heavy atom. The van der Waals surface area contributed by atoms with E-state index in [1.807, 2.05) is 20.8 Å². The first kappa shape index (κ1) is 21.3. The molecule has 1 saturated carbocycles. The molecule has 0 aromatic heterocycles. The van der Waals surface area contributed by atoms with Gasteiger partial charge in [0.05, 0.1) is 29.2 Å². The number of benzene rings is 1. The van der Waals surface area contributed by atoms with Gasteiger partial charge in [0.1, 0.15) is 0 Å². The van der Waals surface area contributed by atoms with Crippen LogP contribution in [0.3, 0.4) is 0 Å². The Morgan fingerprint density at radius 3 is 2.21 bits per heavy atom. The average molecular weight is 409 g/mol. The summed E-state index contributed by atoms with van der Waals surface area (Å²) in [7, 11) is -3.73. The molecule has 1 spiro atoms. The first-order valence-corrected chi connectivity index (χ1v) is 11.3. The third-order valence-corrected chi connectivity index (χ3v) is 7.20. The van der Waals surface area contributed by atoms with Gasteiger partial charge in [-0.3, -0.25) is 0 Å². The van der Waals surface area contributed by atoms with Gasteiger partial charge in [-0.1, -0.05) is 38.5 Å². The summed E-state index contributed by atoms with van der Waals surface area (Å²) in [5, 5.41) is 4.39. The summed E-state index contributed by atoms with van der Waals surface area (Å²) < 4.78 is 37.9. The second kappa shape index (κ2) is 7.11. The minimum absolute atomic E-state index is 0.0330. The van der Waals surface area contributed by atoms with Crippen LogP contribution in [0.15, 0.2) is 34.3 Å². The van der Waals surface area contributed by atoms with Gasteiger partial charge in [-0.05, 0) is 45.2 Å². The number of sulfonamides is 1. The maximum Gasteiger partial charge on any atom is 0.276 e. The third-order valence-electron chi connectivity index (χ3n) is 5.98. The number of rotatable bonds is 3. The lowest BCUT2D eigenvalue weighted by Gasteiger charge is -2.55. The minimum atomic E-state index is -3.73. The molecule has 28 heavy (non-hydrogen) atoms. The number of nitrogens with zero attached hydrogens (tertiary/aromatic N) is 1. The van der Waals surface area contributed by atoms with E-state index in [1.165, 1.54) is 0 Å². The summed E-state index contributed by atoms with van der Waals surface area (Å²) in [5.74, 6) is -0.646. The Morgan fingerprint density at radius 1 is 1.07 bits per heavy atom. The molecule has 1 heterocycles. The fourth-order valence-corrected chi connectivity index (χ4v) is 4.83. The lowest BCUT2D eigenvalue weighted by atomic mass is 9.66. The summed E-state index contributed by atoms with van der Waals surface area (Å²) >= 11 is 0. The van der Waals surface area contributed by atoms with Gasteiger partial charge in [0.25, 0.3) is 10.0 Å². The van der Waals surface area contributed by atoms with Crippen molar-refractivity contribution in [3.05, 3.63) is 29.8 Å². The highest BCUT2D eigenvalue weighted by atomic mass is 32.2. The first-order chi connectivity index (χ1) is 12.9. The largest absolute Gasteiger partial charge is 0.348 e. The molecule has 2 fully saturated rings. The van der Waals surface area contributed by atoms with Crippen LogP contribution in [-0.4, -0.2) is 33.1 Å². The molecule has 1 aromatic rings. The molecule has 156 valence electrons. The number of hydrogen-bond donors (Lipinski definition) is 1. The maximum absolute atomic E-state index is 12.7. The number of ether oxygens (including phenoxy) is 2. The van der Waals surface area contributed by atoms with E-state index in [-0.39, 0.29) is 16.2 Å². The SMILES string of the molecule is Cc1ccc(S(=O)(=O)N/N=C2\C(C)CCC3(OCC(C)(C)CO3)C2(C)C)cc1. The smallest absolute Gasteiger partial charge is 0.276 e. The molecule has 6 nitrogen and oxygen atoms in total. The summed E-state index contributed by atoms with van der Waals surface area (Å²) in [6.07, 6.45) is 1.59. The Hall–Kier alpha value is -1.44. The molecule has 1 atom stereocenters. The molecule has 1 unspecified atom stereocenters. The lowest BCUT2D eigenvalue weighted by molar-refractivity contribution is -0.337. The van der Waals surface area contributed by atoms with Gasteiger partial charge < -0.3 is 9.47 Å².